The largest absolute Gasteiger partial charge is 0.491 e. The number of hydrogen-bond acceptors (Lipinski definition) is 7. The van der Waals surface area contributed by atoms with Crippen LogP contribution in [0.2, 0.25) is 0 Å². The monoisotopic (exact) mass is 513 g/mol. The van der Waals surface area contributed by atoms with E-state index in [1.165, 1.54) is 16.4 Å². The van der Waals surface area contributed by atoms with Crippen LogP contribution in [0.25, 0.3) is 0 Å². The van der Waals surface area contributed by atoms with Gasteiger partial charge in [-0.2, -0.15) is 5.10 Å². The fraction of sp³-hybridized carbons (Fsp3) is 0.360. The van der Waals surface area contributed by atoms with Crippen LogP contribution in [0, 0.1) is 0 Å². The number of fused-ring (bicyclic) bond motifs is 3. The van der Waals surface area contributed by atoms with Crippen LogP contribution in [0.15, 0.2) is 54.7 Å². The molecular weight excluding hydrogens is 482 g/mol. The Morgan fingerprint density at radius 2 is 1.97 bits per heavy atom. The highest BCUT2D eigenvalue weighted by molar-refractivity contribution is 7.92. The summed E-state index contributed by atoms with van der Waals surface area (Å²) in [6.45, 7) is 3.64. The van der Waals surface area contributed by atoms with Crippen LogP contribution in [0.4, 0.5) is 5.82 Å². The fourth-order valence-corrected chi connectivity index (χ4v) is 4.48. The summed E-state index contributed by atoms with van der Waals surface area (Å²) in [6, 6.07) is 15.3. The topological polar surface area (TPSA) is 124 Å². The van der Waals surface area contributed by atoms with E-state index < -0.39 is 10.0 Å². The number of benzene rings is 2. The van der Waals surface area contributed by atoms with Crippen LogP contribution < -0.4 is 20.1 Å². The van der Waals surface area contributed by atoms with Gasteiger partial charge in [0.05, 0.1) is 32.2 Å². The van der Waals surface area contributed by atoms with Gasteiger partial charge in [0.1, 0.15) is 18.2 Å². The van der Waals surface area contributed by atoms with Crippen molar-refractivity contribution < 1.29 is 22.7 Å². The van der Waals surface area contributed by atoms with Gasteiger partial charge >= 0.3 is 0 Å². The second-order valence-corrected chi connectivity index (χ2v) is 10.3. The highest BCUT2D eigenvalue weighted by Crippen LogP contribution is 2.24. The Balaban J connectivity index is 1.45. The Morgan fingerprint density at radius 1 is 1.11 bits per heavy atom. The molecule has 0 saturated carbocycles. The molecule has 10 nitrogen and oxygen atoms in total. The summed E-state index contributed by atoms with van der Waals surface area (Å²) in [7, 11) is -3.42. The zero-order chi connectivity index (χ0) is 25.4. The molecule has 1 aromatic heterocycles. The molecule has 0 fully saturated rings. The molecule has 1 amide bonds. The van der Waals surface area contributed by atoms with E-state index in [2.05, 4.69) is 38.7 Å². The molecule has 36 heavy (non-hydrogen) atoms. The van der Waals surface area contributed by atoms with Crippen molar-refractivity contribution in [2.45, 2.75) is 19.5 Å². The molecule has 11 heteroatoms. The number of nitrogens with one attached hydrogen (secondary N) is 3. The summed E-state index contributed by atoms with van der Waals surface area (Å²) >= 11 is 0. The standard InChI is InChI=1S/C25H31N5O5S/c1-36(32,33)29-24-7-8-28-30(24)11-9-27-25(31)21-5-6-23-22(17-21)16-19-3-2-4-20(15-19)18-26-10-12-34-13-14-35-23/h2-8,15,17,26,29H,9-14,16,18H2,1H3,(H,27,31). The van der Waals surface area contributed by atoms with Crippen molar-refractivity contribution in [3.05, 3.63) is 77.0 Å². The van der Waals surface area contributed by atoms with Gasteiger partial charge in [0, 0.05) is 37.7 Å². The van der Waals surface area contributed by atoms with Crippen LogP contribution in [0.5, 0.6) is 5.75 Å². The van der Waals surface area contributed by atoms with E-state index in [4.69, 9.17) is 9.47 Å². The third-order valence-electron chi connectivity index (χ3n) is 5.56. The predicted octanol–water partition coefficient (Wildman–Crippen LogP) is 1.77. The molecule has 4 rings (SSSR count). The van der Waals surface area contributed by atoms with Gasteiger partial charge in [-0.3, -0.25) is 9.52 Å². The summed E-state index contributed by atoms with van der Waals surface area (Å²) in [5.74, 6) is 0.837. The predicted molar refractivity (Wildman–Crippen MR) is 137 cm³/mol. The lowest BCUT2D eigenvalue weighted by molar-refractivity contribution is 0.0950. The van der Waals surface area contributed by atoms with Crippen LogP contribution in [0.1, 0.15) is 27.0 Å². The van der Waals surface area contributed by atoms with Gasteiger partial charge in [-0.15, -0.1) is 0 Å². The Labute approximate surface area is 211 Å². The van der Waals surface area contributed by atoms with Crippen molar-refractivity contribution in [3.63, 3.8) is 0 Å². The molecule has 0 radical (unpaired) electrons. The minimum atomic E-state index is -3.42. The lowest BCUT2D eigenvalue weighted by Gasteiger charge is -2.15. The first-order chi connectivity index (χ1) is 17.4. The van der Waals surface area contributed by atoms with Crippen LogP contribution >= 0.6 is 0 Å². The molecule has 0 saturated heterocycles. The van der Waals surface area contributed by atoms with Crippen molar-refractivity contribution in [3.8, 4) is 5.75 Å². The molecule has 3 aromatic rings. The van der Waals surface area contributed by atoms with Crippen molar-refractivity contribution in [2.24, 2.45) is 0 Å². The average Bonchev–Trinajstić information content (AvgIpc) is 3.26. The molecule has 0 spiro atoms. The van der Waals surface area contributed by atoms with Gasteiger partial charge in [0.15, 0.2) is 0 Å². The quantitative estimate of drug-likeness (QED) is 0.459. The molecule has 0 atom stereocenters. The van der Waals surface area contributed by atoms with Crippen LogP contribution in [-0.2, 0) is 34.3 Å². The number of hydrogen-bond donors (Lipinski definition) is 3. The first-order valence-electron chi connectivity index (χ1n) is 11.8. The third kappa shape index (κ3) is 7.54. The maximum atomic E-state index is 12.9. The van der Waals surface area contributed by atoms with E-state index in [1.54, 1.807) is 12.1 Å². The maximum absolute atomic E-state index is 12.9. The van der Waals surface area contributed by atoms with Gasteiger partial charge in [-0.1, -0.05) is 24.3 Å². The Bertz CT molecular complexity index is 1290. The molecular formula is C25H31N5O5S. The number of carbonyl (C=O) groups excluding carboxylic acids is 1. The van der Waals surface area contributed by atoms with E-state index in [1.807, 2.05) is 18.2 Å². The Kier molecular flexibility index (Phi) is 8.57. The zero-order valence-corrected chi connectivity index (χ0v) is 21.0. The van der Waals surface area contributed by atoms with E-state index in [0.29, 0.717) is 44.2 Å². The zero-order valence-electron chi connectivity index (χ0n) is 20.2. The van der Waals surface area contributed by atoms with Crippen molar-refractivity contribution in [1.82, 2.24) is 20.4 Å². The Hall–Kier alpha value is -3.41. The molecule has 0 aliphatic carbocycles. The minimum absolute atomic E-state index is 0.233. The van der Waals surface area contributed by atoms with Gasteiger partial charge in [-0.25, -0.2) is 13.1 Å². The summed E-state index contributed by atoms with van der Waals surface area (Å²) < 4.78 is 38.5. The molecule has 0 unspecified atom stereocenters. The van der Waals surface area contributed by atoms with Gasteiger partial charge in [0.25, 0.3) is 5.91 Å². The highest BCUT2D eigenvalue weighted by atomic mass is 32.2. The van der Waals surface area contributed by atoms with Gasteiger partial charge in [-0.05, 0) is 34.9 Å². The average molecular weight is 514 g/mol. The third-order valence-corrected chi connectivity index (χ3v) is 6.14. The lowest BCUT2D eigenvalue weighted by atomic mass is 9.99. The van der Waals surface area contributed by atoms with E-state index in [-0.39, 0.29) is 12.5 Å². The number of anilines is 1. The van der Waals surface area contributed by atoms with E-state index in [0.717, 1.165) is 36.2 Å². The molecule has 1 aliphatic heterocycles. The number of amides is 1. The molecule has 1 aliphatic rings. The second-order valence-electron chi connectivity index (χ2n) is 8.53. The first kappa shape index (κ1) is 25.7. The minimum Gasteiger partial charge on any atom is -0.491 e. The SMILES string of the molecule is CS(=O)(=O)Nc1ccnn1CCNC(=O)c1ccc2c(c1)Cc1cccc(c1)CNCCOCCO2. The Morgan fingerprint density at radius 3 is 2.83 bits per heavy atom. The van der Waals surface area contributed by atoms with E-state index in [9.17, 15) is 13.2 Å². The number of aromatic nitrogens is 2. The van der Waals surface area contributed by atoms with Crippen molar-refractivity contribution in [2.75, 3.05) is 43.9 Å². The van der Waals surface area contributed by atoms with E-state index >= 15 is 0 Å². The molecule has 2 heterocycles. The van der Waals surface area contributed by atoms with Crippen LogP contribution in [-0.4, -0.2) is 63.3 Å². The van der Waals surface area contributed by atoms with Crippen LogP contribution in [0.3, 0.4) is 0 Å². The molecule has 192 valence electrons. The fourth-order valence-electron chi connectivity index (χ4n) is 3.92. The number of sulfonamides is 1. The molecule has 2 aromatic carbocycles. The summed E-state index contributed by atoms with van der Waals surface area (Å²) in [5.41, 5.74) is 3.75. The number of rotatable bonds is 6. The summed E-state index contributed by atoms with van der Waals surface area (Å²) in [6.07, 6.45) is 3.20. The lowest BCUT2D eigenvalue weighted by Crippen LogP contribution is -2.28. The number of nitrogens with zero attached hydrogens (tertiary/aromatic N) is 2. The number of carbonyl (C=O) groups is 1. The normalized spacial score (nSPS) is 14.7. The van der Waals surface area contributed by atoms with Crippen molar-refractivity contribution in [1.29, 1.82) is 0 Å². The number of ether oxygens (including phenoxy) is 2. The van der Waals surface area contributed by atoms with Gasteiger partial charge in [0.2, 0.25) is 10.0 Å². The maximum Gasteiger partial charge on any atom is 0.251 e. The summed E-state index contributed by atoms with van der Waals surface area (Å²) in [4.78, 5) is 12.9. The highest BCUT2D eigenvalue weighted by Gasteiger charge is 2.13. The molecule has 3 N–H and O–H groups in total. The smallest absolute Gasteiger partial charge is 0.251 e. The summed E-state index contributed by atoms with van der Waals surface area (Å²) in [5, 5.41) is 10.4. The first-order valence-corrected chi connectivity index (χ1v) is 13.7. The molecule has 2 bridgehead atoms. The second kappa shape index (κ2) is 12.0. The van der Waals surface area contributed by atoms with Gasteiger partial charge < -0.3 is 20.1 Å². The van der Waals surface area contributed by atoms with Crippen molar-refractivity contribution >= 4 is 21.7 Å².